The summed E-state index contributed by atoms with van der Waals surface area (Å²) in [5.41, 5.74) is 0. The Hall–Kier alpha value is -1.66. The normalized spacial score (nSPS) is 16.7. The predicted octanol–water partition coefficient (Wildman–Crippen LogP) is 2.15. The Balaban J connectivity index is 0.00000288. The first-order valence-electron chi connectivity index (χ1n) is 8.10. The van der Waals surface area contributed by atoms with Crippen LogP contribution >= 0.6 is 12.4 Å². The van der Waals surface area contributed by atoms with Gasteiger partial charge in [0.25, 0.3) is 0 Å². The van der Waals surface area contributed by atoms with Crippen LogP contribution in [0.4, 0.5) is 0 Å². The predicted molar refractivity (Wildman–Crippen MR) is 95.6 cm³/mol. The van der Waals surface area contributed by atoms with Gasteiger partial charge in [0, 0.05) is 24.7 Å². The lowest BCUT2D eigenvalue weighted by atomic mass is 10.0. The third-order valence-electron chi connectivity index (χ3n) is 3.84. The molecular weight excluding hydrogens is 332 g/mol. The Bertz CT molecular complexity index is 485. The minimum absolute atomic E-state index is 0. The molecule has 1 aliphatic heterocycles. The number of rotatable bonds is 8. The van der Waals surface area contributed by atoms with Crippen LogP contribution in [0.5, 0.6) is 17.2 Å². The average Bonchev–Trinajstić information content (AvgIpc) is 2.61. The van der Waals surface area contributed by atoms with Gasteiger partial charge in [-0.15, -0.1) is 12.4 Å². The smallest absolute Gasteiger partial charge is 0.237 e. The van der Waals surface area contributed by atoms with Crippen LogP contribution < -0.4 is 24.8 Å². The maximum Gasteiger partial charge on any atom is 0.237 e. The van der Waals surface area contributed by atoms with Crippen molar-refractivity contribution in [3.8, 4) is 17.2 Å². The lowest BCUT2D eigenvalue weighted by Crippen LogP contribution is -2.46. The molecule has 0 saturated carbocycles. The molecule has 0 bridgehead atoms. The quantitative estimate of drug-likeness (QED) is 0.697. The number of hydrogen-bond donors (Lipinski definition) is 2. The number of amides is 1. The first kappa shape index (κ1) is 20.4. The lowest BCUT2D eigenvalue weighted by molar-refractivity contribution is -0.123. The Morgan fingerprint density at radius 2 is 1.83 bits per heavy atom. The van der Waals surface area contributed by atoms with E-state index in [1.54, 1.807) is 20.3 Å². The van der Waals surface area contributed by atoms with Crippen molar-refractivity contribution >= 4 is 18.3 Å². The van der Waals surface area contributed by atoms with Gasteiger partial charge in [-0.25, -0.2) is 0 Å². The lowest BCUT2D eigenvalue weighted by Gasteiger charge is -2.22. The van der Waals surface area contributed by atoms with Gasteiger partial charge in [-0.1, -0.05) is 6.42 Å². The van der Waals surface area contributed by atoms with Crippen molar-refractivity contribution in [1.29, 1.82) is 0 Å². The van der Waals surface area contributed by atoms with Crippen LogP contribution in [0.1, 0.15) is 25.7 Å². The molecule has 0 aliphatic carbocycles. The number of hydrogen-bond acceptors (Lipinski definition) is 5. The highest BCUT2D eigenvalue weighted by molar-refractivity contribution is 5.85. The molecule has 1 aromatic rings. The molecule has 1 saturated heterocycles. The van der Waals surface area contributed by atoms with Gasteiger partial charge >= 0.3 is 0 Å². The molecule has 2 rings (SSSR count). The highest BCUT2D eigenvalue weighted by Gasteiger charge is 2.19. The van der Waals surface area contributed by atoms with E-state index in [2.05, 4.69) is 10.6 Å². The van der Waals surface area contributed by atoms with E-state index in [0.29, 0.717) is 30.4 Å². The van der Waals surface area contributed by atoms with Crippen LogP contribution in [0, 0.1) is 0 Å². The molecule has 1 atom stereocenters. The molecule has 1 aromatic carbocycles. The minimum atomic E-state index is -0.0349. The van der Waals surface area contributed by atoms with Crippen molar-refractivity contribution in [1.82, 2.24) is 10.6 Å². The third-order valence-corrected chi connectivity index (χ3v) is 3.84. The Morgan fingerprint density at radius 3 is 2.42 bits per heavy atom. The number of piperidine rings is 1. The van der Waals surface area contributed by atoms with Crippen molar-refractivity contribution in [3.63, 3.8) is 0 Å². The Labute approximate surface area is 149 Å². The molecular formula is C17H27ClN2O4. The SMILES string of the molecule is COc1cc(OC)cc(OCCCNC(=O)C2CCCCN2)c1.Cl. The maximum atomic E-state index is 12.0. The van der Waals surface area contributed by atoms with Crippen molar-refractivity contribution < 1.29 is 19.0 Å². The molecule has 1 unspecified atom stereocenters. The summed E-state index contributed by atoms with van der Waals surface area (Å²) in [6.07, 6.45) is 3.94. The van der Waals surface area contributed by atoms with Gasteiger partial charge in [0.2, 0.25) is 5.91 Å². The molecule has 1 aliphatic rings. The molecule has 0 radical (unpaired) electrons. The summed E-state index contributed by atoms with van der Waals surface area (Å²) in [6, 6.07) is 5.39. The van der Waals surface area contributed by atoms with Crippen LogP contribution in [-0.2, 0) is 4.79 Å². The van der Waals surface area contributed by atoms with Gasteiger partial charge < -0.3 is 24.8 Å². The summed E-state index contributed by atoms with van der Waals surface area (Å²) in [5, 5.41) is 6.19. The molecule has 0 aromatic heterocycles. The van der Waals surface area contributed by atoms with Gasteiger partial charge in [-0.05, 0) is 25.8 Å². The second kappa shape index (κ2) is 11.0. The third kappa shape index (κ3) is 6.45. The molecule has 1 fully saturated rings. The van der Waals surface area contributed by atoms with Crippen molar-refractivity contribution in [2.75, 3.05) is 33.9 Å². The fraction of sp³-hybridized carbons (Fsp3) is 0.588. The van der Waals surface area contributed by atoms with E-state index >= 15 is 0 Å². The molecule has 1 amide bonds. The molecule has 136 valence electrons. The van der Waals surface area contributed by atoms with Crippen molar-refractivity contribution in [3.05, 3.63) is 18.2 Å². The molecule has 6 nitrogen and oxygen atoms in total. The number of halogens is 1. The van der Waals surface area contributed by atoms with E-state index in [-0.39, 0.29) is 24.4 Å². The molecule has 7 heteroatoms. The second-order valence-electron chi connectivity index (χ2n) is 5.54. The highest BCUT2D eigenvalue weighted by atomic mass is 35.5. The van der Waals surface area contributed by atoms with Crippen molar-refractivity contribution in [2.24, 2.45) is 0 Å². The summed E-state index contributed by atoms with van der Waals surface area (Å²) in [4.78, 5) is 12.0. The number of ether oxygens (including phenoxy) is 3. The number of methoxy groups -OCH3 is 2. The summed E-state index contributed by atoms with van der Waals surface area (Å²) in [7, 11) is 3.21. The number of carbonyl (C=O) groups is 1. The summed E-state index contributed by atoms with van der Waals surface area (Å²) < 4.78 is 16.1. The topological polar surface area (TPSA) is 68.8 Å². The van der Waals surface area contributed by atoms with E-state index in [1.165, 1.54) is 0 Å². The van der Waals surface area contributed by atoms with E-state index in [1.807, 2.05) is 12.1 Å². The fourth-order valence-electron chi connectivity index (χ4n) is 2.54. The first-order chi connectivity index (χ1) is 11.2. The number of benzene rings is 1. The van der Waals surface area contributed by atoms with Crippen LogP contribution in [0.15, 0.2) is 18.2 Å². The number of carbonyl (C=O) groups excluding carboxylic acids is 1. The van der Waals surface area contributed by atoms with E-state index in [4.69, 9.17) is 14.2 Å². The van der Waals surface area contributed by atoms with Crippen LogP contribution in [0.3, 0.4) is 0 Å². The van der Waals surface area contributed by atoms with Gasteiger partial charge in [0.05, 0.1) is 26.9 Å². The fourth-order valence-corrected chi connectivity index (χ4v) is 2.54. The van der Waals surface area contributed by atoms with Crippen LogP contribution in [0.25, 0.3) is 0 Å². The average molecular weight is 359 g/mol. The second-order valence-corrected chi connectivity index (χ2v) is 5.54. The zero-order chi connectivity index (χ0) is 16.5. The zero-order valence-corrected chi connectivity index (χ0v) is 15.1. The summed E-state index contributed by atoms with van der Waals surface area (Å²) in [6.45, 7) is 2.06. The van der Waals surface area contributed by atoms with Gasteiger partial charge in [-0.3, -0.25) is 4.79 Å². The standard InChI is InChI=1S/C17H26N2O4.ClH/c1-21-13-10-14(22-2)12-15(11-13)23-9-5-8-19-17(20)16-6-3-4-7-18-16;/h10-12,16,18H,3-9H2,1-2H3,(H,19,20);1H. The Morgan fingerprint density at radius 1 is 1.17 bits per heavy atom. The van der Waals surface area contributed by atoms with Crippen LogP contribution in [-0.4, -0.2) is 45.9 Å². The molecule has 24 heavy (non-hydrogen) atoms. The first-order valence-corrected chi connectivity index (χ1v) is 8.10. The molecule has 1 heterocycles. The van der Waals surface area contributed by atoms with Crippen molar-refractivity contribution in [2.45, 2.75) is 31.7 Å². The summed E-state index contributed by atoms with van der Waals surface area (Å²) >= 11 is 0. The summed E-state index contributed by atoms with van der Waals surface area (Å²) in [5.74, 6) is 2.17. The van der Waals surface area contributed by atoms with Gasteiger partial charge in [0.15, 0.2) is 0 Å². The minimum Gasteiger partial charge on any atom is -0.496 e. The molecule has 2 N–H and O–H groups in total. The number of nitrogens with one attached hydrogen (secondary N) is 2. The highest BCUT2D eigenvalue weighted by Crippen LogP contribution is 2.27. The Kier molecular flexibility index (Phi) is 9.34. The maximum absolute atomic E-state index is 12.0. The largest absolute Gasteiger partial charge is 0.496 e. The monoisotopic (exact) mass is 358 g/mol. The van der Waals surface area contributed by atoms with E-state index in [0.717, 1.165) is 32.2 Å². The van der Waals surface area contributed by atoms with Crippen LogP contribution in [0.2, 0.25) is 0 Å². The van der Waals surface area contributed by atoms with Gasteiger partial charge in [-0.2, -0.15) is 0 Å². The molecule has 0 spiro atoms. The van der Waals surface area contributed by atoms with E-state index < -0.39 is 0 Å². The van der Waals surface area contributed by atoms with Gasteiger partial charge in [0.1, 0.15) is 17.2 Å². The van der Waals surface area contributed by atoms with E-state index in [9.17, 15) is 4.79 Å². The zero-order valence-electron chi connectivity index (χ0n) is 14.3.